The Hall–Kier alpha value is -2.01. The maximum absolute atomic E-state index is 11.2. The molecule has 98 valence electrons. The molecule has 0 aliphatic rings. The van der Waals surface area contributed by atoms with Gasteiger partial charge in [0.15, 0.2) is 0 Å². The molecule has 19 heavy (non-hydrogen) atoms. The molecular formula is C14H13NO3S. The summed E-state index contributed by atoms with van der Waals surface area (Å²) in [6.45, 7) is 0.190. The Kier molecular flexibility index (Phi) is 4.41. The minimum absolute atomic E-state index is 0.190. The van der Waals surface area contributed by atoms with Gasteiger partial charge in [0.05, 0.1) is 5.56 Å². The largest absolute Gasteiger partial charge is 0.478 e. The van der Waals surface area contributed by atoms with Crippen LogP contribution in [-0.4, -0.2) is 22.3 Å². The molecule has 0 radical (unpaired) electrons. The zero-order chi connectivity index (χ0) is 13.7. The fraction of sp³-hybridized carbons (Fsp3) is 0.143. The number of rotatable bonds is 5. The van der Waals surface area contributed by atoms with Crippen LogP contribution in [-0.2, 0) is 6.61 Å². The van der Waals surface area contributed by atoms with Crippen molar-refractivity contribution in [3.63, 3.8) is 0 Å². The molecule has 0 fully saturated rings. The number of hydrogen-bond acceptors (Lipinski definition) is 4. The summed E-state index contributed by atoms with van der Waals surface area (Å²) in [5, 5.41) is 9.20. The molecule has 4 nitrogen and oxygen atoms in total. The zero-order valence-corrected chi connectivity index (χ0v) is 11.2. The van der Waals surface area contributed by atoms with Crippen LogP contribution >= 0.6 is 11.8 Å². The first kappa shape index (κ1) is 13.4. The molecule has 0 saturated heterocycles. The van der Waals surface area contributed by atoms with Crippen LogP contribution < -0.4 is 4.74 Å². The molecule has 0 atom stereocenters. The van der Waals surface area contributed by atoms with Gasteiger partial charge in [0, 0.05) is 22.7 Å². The van der Waals surface area contributed by atoms with Gasteiger partial charge in [-0.25, -0.2) is 9.78 Å². The first-order valence-electron chi connectivity index (χ1n) is 5.65. The molecular weight excluding hydrogens is 262 g/mol. The molecule has 1 aromatic carbocycles. The van der Waals surface area contributed by atoms with Crippen LogP contribution in [0.3, 0.4) is 0 Å². The molecule has 0 aliphatic carbocycles. The van der Waals surface area contributed by atoms with Gasteiger partial charge in [0.1, 0.15) is 6.61 Å². The average molecular weight is 275 g/mol. The van der Waals surface area contributed by atoms with E-state index in [0.717, 1.165) is 4.90 Å². The molecule has 1 heterocycles. The summed E-state index contributed by atoms with van der Waals surface area (Å²) < 4.78 is 5.54. The minimum atomic E-state index is -0.949. The number of pyridine rings is 1. The summed E-state index contributed by atoms with van der Waals surface area (Å²) in [4.78, 5) is 16.2. The first-order chi connectivity index (χ1) is 9.22. The van der Waals surface area contributed by atoms with Crippen LogP contribution in [0.4, 0.5) is 0 Å². The van der Waals surface area contributed by atoms with Gasteiger partial charge in [-0.3, -0.25) is 0 Å². The fourth-order valence-electron chi connectivity index (χ4n) is 1.68. The van der Waals surface area contributed by atoms with E-state index in [1.54, 1.807) is 30.5 Å². The Labute approximate surface area is 115 Å². The Balaban J connectivity index is 2.25. The van der Waals surface area contributed by atoms with E-state index in [-0.39, 0.29) is 12.2 Å². The van der Waals surface area contributed by atoms with Gasteiger partial charge >= 0.3 is 5.97 Å². The average Bonchev–Trinajstić information content (AvgIpc) is 2.45. The normalized spacial score (nSPS) is 10.2. The smallest absolute Gasteiger partial charge is 0.336 e. The summed E-state index contributed by atoms with van der Waals surface area (Å²) in [6, 6.07) is 10.6. The molecule has 2 aromatic rings. The lowest BCUT2D eigenvalue weighted by atomic mass is 10.1. The molecule has 1 aromatic heterocycles. The van der Waals surface area contributed by atoms with Crippen molar-refractivity contribution < 1.29 is 14.6 Å². The zero-order valence-electron chi connectivity index (χ0n) is 10.4. The van der Waals surface area contributed by atoms with Crippen LogP contribution in [0.5, 0.6) is 5.88 Å². The number of hydrogen-bond donors (Lipinski definition) is 1. The van der Waals surface area contributed by atoms with E-state index >= 15 is 0 Å². The number of benzene rings is 1. The molecule has 0 aliphatic heterocycles. The van der Waals surface area contributed by atoms with Crippen LogP contribution in [0.25, 0.3) is 0 Å². The van der Waals surface area contributed by atoms with Gasteiger partial charge in [-0.15, -0.1) is 11.8 Å². The van der Waals surface area contributed by atoms with Gasteiger partial charge in [0.2, 0.25) is 5.88 Å². The first-order valence-corrected chi connectivity index (χ1v) is 6.88. The summed E-state index contributed by atoms with van der Waals surface area (Å²) in [6.07, 6.45) is 3.54. The number of ether oxygens (including phenoxy) is 1. The van der Waals surface area contributed by atoms with Gasteiger partial charge in [-0.2, -0.15) is 0 Å². The molecule has 1 N–H and O–H groups in total. The van der Waals surface area contributed by atoms with Crippen molar-refractivity contribution in [1.29, 1.82) is 0 Å². The van der Waals surface area contributed by atoms with Crippen molar-refractivity contribution >= 4 is 17.7 Å². The van der Waals surface area contributed by atoms with E-state index in [1.165, 1.54) is 11.8 Å². The maximum Gasteiger partial charge on any atom is 0.336 e. The minimum Gasteiger partial charge on any atom is -0.478 e. The van der Waals surface area contributed by atoms with Gasteiger partial charge in [0.25, 0.3) is 0 Å². The fourth-order valence-corrected chi connectivity index (χ4v) is 2.31. The third-order valence-electron chi connectivity index (χ3n) is 2.59. The Morgan fingerprint density at radius 3 is 2.79 bits per heavy atom. The molecule has 0 spiro atoms. The maximum atomic E-state index is 11.2. The molecule has 0 bridgehead atoms. The quantitative estimate of drug-likeness (QED) is 0.850. The van der Waals surface area contributed by atoms with E-state index in [4.69, 9.17) is 4.74 Å². The lowest BCUT2D eigenvalue weighted by molar-refractivity contribution is 0.0693. The van der Waals surface area contributed by atoms with Crippen molar-refractivity contribution in [3.05, 3.63) is 53.7 Å². The Bertz CT molecular complexity index is 572. The topological polar surface area (TPSA) is 59.4 Å². The highest BCUT2D eigenvalue weighted by Gasteiger charge is 2.14. The van der Waals surface area contributed by atoms with Crippen molar-refractivity contribution in [2.24, 2.45) is 0 Å². The number of carbonyl (C=O) groups is 1. The van der Waals surface area contributed by atoms with Crippen LogP contribution in [0.15, 0.2) is 47.5 Å². The third kappa shape index (κ3) is 3.26. The van der Waals surface area contributed by atoms with Crippen molar-refractivity contribution in [2.45, 2.75) is 11.5 Å². The van der Waals surface area contributed by atoms with Crippen molar-refractivity contribution in [3.8, 4) is 5.88 Å². The van der Waals surface area contributed by atoms with E-state index in [9.17, 15) is 9.90 Å². The second-order valence-corrected chi connectivity index (χ2v) is 4.60. The molecule has 0 unspecified atom stereocenters. The summed E-state index contributed by atoms with van der Waals surface area (Å²) >= 11 is 1.50. The Morgan fingerprint density at radius 1 is 1.32 bits per heavy atom. The molecule has 0 amide bonds. The second kappa shape index (κ2) is 6.24. The highest BCUT2D eigenvalue weighted by Crippen LogP contribution is 2.25. The van der Waals surface area contributed by atoms with E-state index < -0.39 is 5.97 Å². The standard InChI is InChI=1S/C14H13NO3S/c1-19-12-6-4-5-10(14(16)17)11(12)9-18-13-7-2-3-8-15-13/h2-8H,9H2,1H3,(H,16,17). The Morgan fingerprint density at radius 2 is 2.16 bits per heavy atom. The highest BCUT2D eigenvalue weighted by atomic mass is 32.2. The number of aromatic nitrogens is 1. The predicted molar refractivity (Wildman–Crippen MR) is 73.8 cm³/mol. The summed E-state index contributed by atoms with van der Waals surface area (Å²) in [7, 11) is 0. The highest BCUT2D eigenvalue weighted by molar-refractivity contribution is 7.98. The van der Waals surface area contributed by atoms with Crippen LogP contribution in [0, 0.1) is 0 Å². The van der Waals surface area contributed by atoms with Gasteiger partial charge < -0.3 is 9.84 Å². The second-order valence-electron chi connectivity index (χ2n) is 3.75. The lowest BCUT2D eigenvalue weighted by Crippen LogP contribution is -2.07. The van der Waals surface area contributed by atoms with Crippen molar-refractivity contribution in [1.82, 2.24) is 4.98 Å². The predicted octanol–water partition coefficient (Wildman–Crippen LogP) is 3.08. The monoisotopic (exact) mass is 275 g/mol. The molecule has 5 heteroatoms. The van der Waals surface area contributed by atoms with Crippen molar-refractivity contribution in [2.75, 3.05) is 6.26 Å². The third-order valence-corrected chi connectivity index (χ3v) is 3.41. The SMILES string of the molecule is CSc1cccc(C(=O)O)c1COc1ccccn1. The summed E-state index contributed by atoms with van der Waals surface area (Å²) in [5.41, 5.74) is 0.941. The lowest BCUT2D eigenvalue weighted by Gasteiger charge is -2.11. The number of nitrogens with zero attached hydrogens (tertiary/aromatic N) is 1. The number of aromatic carboxylic acids is 1. The van der Waals surface area contributed by atoms with E-state index in [1.807, 2.05) is 18.4 Å². The summed E-state index contributed by atoms with van der Waals surface area (Å²) in [5.74, 6) is -0.467. The molecule has 2 rings (SSSR count). The molecule has 0 saturated carbocycles. The van der Waals surface area contributed by atoms with E-state index in [0.29, 0.717) is 11.4 Å². The number of carboxylic acids is 1. The number of carboxylic acid groups (broad SMARTS) is 1. The van der Waals surface area contributed by atoms with Gasteiger partial charge in [-0.1, -0.05) is 12.1 Å². The van der Waals surface area contributed by atoms with Gasteiger partial charge in [-0.05, 0) is 24.5 Å². The van der Waals surface area contributed by atoms with Crippen LogP contribution in [0.1, 0.15) is 15.9 Å². The van der Waals surface area contributed by atoms with Crippen LogP contribution in [0.2, 0.25) is 0 Å². The number of thioether (sulfide) groups is 1. The van der Waals surface area contributed by atoms with E-state index in [2.05, 4.69) is 4.98 Å².